The number of benzene rings is 6. The standard InChI is InChI=1S/C35H31N13O4S/c1-18-14-19-15-30(53(50,51)52)34(48-44-25-10-6-23(7-11-25)42-46-29-13-3-21(37)17-27(29)39)32(40)31(19)35(49)33(18)47-43-24-8-4-22(5-9-24)41-45-28-12-2-20(36)16-26(28)38/h2-17,49H,36-40H2,1H3,(H,50,51,52)/b45-41+,46-42+,47-43+,48-44+. The van der Waals surface area contributed by atoms with Crippen molar-refractivity contribution in [2.24, 2.45) is 40.9 Å². The van der Waals surface area contributed by atoms with Gasteiger partial charge in [-0.2, -0.15) is 28.9 Å². The van der Waals surface area contributed by atoms with E-state index in [1.165, 1.54) is 0 Å². The normalized spacial score (nSPS) is 12.3. The van der Waals surface area contributed by atoms with Gasteiger partial charge in [0.15, 0.2) is 5.75 Å². The molecule has 0 aliphatic heterocycles. The van der Waals surface area contributed by atoms with Crippen LogP contribution in [0.2, 0.25) is 0 Å². The topological polar surface area (TPSA) is 304 Å². The van der Waals surface area contributed by atoms with Crippen LogP contribution < -0.4 is 28.7 Å². The Kier molecular flexibility index (Phi) is 9.72. The molecule has 0 aromatic heterocycles. The van der Waals surface area contributed by atoms with Crippen molar-refractivity contribution >= 4 is 94.8 Å². The molecule has 53 heavy (non-hydrogen) atoms. The van der Waals surface area contributed by atoms with E-state index in [-0.39, 0.29) is 27.9 Å². The summed E-state index contributed by atoms with van der Waals surface area (Å²) in [7, 11) is -4.84. The maximum absolute atomic E-state index is 12.4. The fourth-order valence-corrected chi connectivity index (χ4v) is 5.71. The number of fused-ring (bicyclic) bond motifs is 1. The molecule has 0 radical (unpaired) electrons. The second-order valence-corrected chi connectivity index (χ2v) is 13.0. The zero-order chi connectivity index (χ0) is 37.9. The van der Waals surface area contributed by atoms with Crippen LogP contribution in [-0.4, -0.2) is 18.1 Å². The Bertz CT molecular complexity index is 2610. The first kappa shape index (κ1) is 35.5. The molecule has 6 aromatic rings. The number of hydrogen-bond donors (Lipinski definition) is 7. The van der Waals surface area contributed by atoms with Crippen molar-refractivity contribution in [2.45, 2.75) is 11.8 Å². The lowest BCUT2D eigenvalue weighted by Crippen LogP contribution is -2.02. The smallest absolute Gasteiger partial charge is 0.296 e. The molecule has 0 atom stereocenters. The lowest BCUT2D eigenvalue weighted by molar-refractivity contribution is 0.480. The van der Waals surface area contributed by atoms with Crippen molar-refractivity contribution in [3.05, 3.63) is 103 Å². The van der Waals surface area contributed by atoms with Crippen molar-refractivity contribution in [3.8, 4) is 5.75 Å². The number of rotatable bonds is 9. The van der Waals surface area contributed by atoms with E-state index >= 15 is 0 Å². The van der Waals surface area contributed by atoms with Crippen molar-refractivity contribution in [1.29, 1.82) is 0 Å². The summed E-state index contributed by atoms with van der Waals surface area (Å²) in [5.41, 5.74) is 33.9. The van der Waals surface area contributed by atoms with Crippen LogP contribution in [0.4, 0.5) is 73.9 Å². The average molecular weight is 730 g/mol. The molecule has 0 aliphatic rings. The zero-order valence-corrected chi connectivity index (χ0v) is 28.6. The minimum absolute atomic E-state index is 0.0290. The van der Waals surface area contributed by atoms with Gasteiger partial charge in [0.2, 0.25) is 0 Å². The molecule has 0 aliphatic carbocycles. The van der Waals surface area contributed by atoms with E-state index in [1.807, 2.05) is 0 Å². The van der Waals surface area contributed by atoms with Crippen molar-refractivity contribution in [1.82, 2.24) is 0 Å². The molecule has 0 amide bonds. The Balaban J connectivity index is 1.27. The summed E-state index contributed by atoms with van der Waals surface area (Å²) in [4.78, 5) is -0.609. The third-order valence-corrected chi connectivity index (χ3v) is 8.56. The molecule has 0 bridgehead atoms. The minimum atomic E-state index is -4.84. The third-order valence-electron chi connectivity index (χ3n) is 7.70. The number of aromatic hydroxyl groups is 1. The number of phenols is 1. The summed E-state index contributed by atoms with van der Waals surface area (Å²) >= 11 is 0. The predicted molar refractivity (Wildman–Crippen MR) is 205 cm³/mol. The Morgan fingerprint density at radius 1 is 0.528 bits per heavy atom. The summed E-state index contributed by atoms with van der Waals surface area (Å²) in [6.45, 7) is 1.64. The van der Waals surface area contributed by atoms with Crippen LogP contribution >= 0.6 is 0 Å². The van der Waals surface area contributed by atoms with Crippen molar-refractivity contribution < 1.29 is 18.1 Å². The van der Waals surface area contributed by atoms with Gasteiger partial charge in [-0.05, 0) is 115 Å². The summed E-state index contributed by atoms with van der Waals surface area (Å²) < 4.78 is 34.9. The fourth-order valence-electron chi connectivity index (χ4n) is 5.04. The van der Waals surface area contributed by atoms with Crippen LogP contribution in [0, 0.1) is 6.92 Å². The highest BCUT2D eigenvalue weighted by atomic mass is 32.2. The number of phenolic OH excluding ortho intramolecular Hbond substituents is 1. The zero-order valence-electron chi connectivity index (χ0n) is 27.8. The van der Waals surface area contributed by atoms with E-state index in [0.29, 0.717) is 62.4 Å². The van der Waals surface area contributed by atoms with Crippen LogP contribution in [0.3, 0.4) is 0 Å². The first-order valence-electron chi connectivity index (χ1n) is 15.5. The van der Waals surface area contributed by atoms with Gasteiger partial charge >= 0.3 is 0 Å². The van der Waals surface area contributed by atoms with Gasteiger partial charge in [-0.15, -0.1) is 20.5 Å². The highest BCUT2D eigenvalue weighted by Crippen LogP contribution is 2.47. The Labute approximate surface area is 302 Å². The average Bonchev–Trinajstić information content (AvgIpc) is 3.10. The van der Waals surface area contributed by atoms with Gasteiger partial charge in [0.1, 0.15) is 27.6 Å². The van der Waals surface area contributed by atoms with E-state index in [9.17, 15) is 18.1 Å². The van der Waals surface area contributed by atoms with E-state index < -0.39 is 20.7 Å². The molecule has 18 heteroatoms. The quantitative estimate of drug-likeness (QED) is 0.0422. The van der Waals surface area contributed by atoms with Crippen LogP contribution in [-0.2, 0) is 10.1 Å². The number of nitrogens with two attached hydrogens (primary N) is 5. The Hall–Kier alpha value is -7.31. The van der Waals surface area contributed by atoms with Crippen LogP contribution in [0.5, 0.6) is 5.75 Å². The second kappa shape index (κ2) is 14.5. The molecule has 6 rings (SSSR count). The first-order valence-corrected chi connectivity index (χ1v) is 16.9. The van der Waals surface area contributed by atoms with Gasteiger partial charge in [0.05, 0.1) is 45.2 Å². The molecule has 0 fully saturated rings. The number of hydrogen-bond acceptors (Lipinski definition) is 16. The summed E-state index contributed by atoms with van der Waals surface area (Å²) in [5, 5.41) is 44.8. The minimum Gasteiger partial charge on any atom is -0.505 e. The molecule has 6 aromatic carbocycles. The second-order valence-electron chi connectivity index (χ2n) is 11.6. The van der Waals surface area contributed by atoms with E-state index in [1.54, 1.807) is 97.9 Å². The maximum atomic E-state index is 12.4. The molecular weight excluding hydrogens is 699 g/mol. The maximum Gasteiger partial charge on any atom is 0.296 e. The first-order chi connectivity index (χ1) is 25.3. The van der Waals surface area contributed by atoms with Crippen LogP contribution in [0.25, 0.3) is 10.8 Å². The van der Waals surface area contributed by atoms with Crippen LogP contribution in [0.1, 0.15) is 5.56 Å². The molecule has 0 spiro atoms. The van der Waals surface area contributed by atoms with Crippen LogP contribution in [0.15, 0.2) is 143 Å². The summed E-state index contributed by atoms with van der Waals surface area (Å²) in [6, 6.07) is 25.4. The fraction of sp³-hybridized carbons (Fsp3) is 0.0286. The van der Waals surface area contributed by atoms with Gasteiger partial charge in [0.25, 0.3) is 10.1 Å². The summed E-state index contributed by atoms with van der Waals surface area (Å²) in [6.07, 6.45) is 0. The number of aryl methyl sites for hydroxylation is 1. The molecule has 0 saturated carbocycles. The van der Waals surface area contributed by atoms with E-state index in [0.717, 1.165) is 6.07 Å². The molecule has 0 saturated heterocycles. The molecular formula is C35H31N13O4S. The van der Waals surface area contributed by atoms with Gasteiger partial charge in [0, 0.05) is 11.4 Å². The highest BCUT2D eigenvalue weighted by molar-refractivity contribution is 7.86. The number of anilines is 5. The van der Waals surface area contributed by atoms with Crippen molar-refractivity contribution in [3.63, 3.8) is 0 Å². The molecule has 266 valence electrons. The SMILES string of the molecule is Cc1cc2cc(S(=O)(=O)O)c(/N=N/c3ccc(/N=N/c4ccc(N)cc4N)cc3)c(N)c2c(O)c1/N=N/c1ccc(/N=N/c2ccc(N)cc2N)cc1. The largest absolute Gasteiger partial charge is 0.505 e. The van der Waals surface area contributed by atoms with Gasteiger partial charge < -0.3 is 33.8 Å². The highest BCUT2D eigenvalue weighted by Gasteiger charge is 2.24. The van der Waals surface area contributed by atoms with Crippen molar-refractivity contribution in [2.75, 3.05) is 28.7 Å². The Morgan fingerprint density at radius 2 is 0.943 bits per heavy atom. The molecule has 0 unspecified atom stereocenters. The monoisotopic (exact) mass is 729 g/mol. The molecule has 17 nitrogen and oxygen atoms in total. The van der Waals surface area contributed by atoms with E-state index in [4.69, 9.17) is 28.7 Å². The lowest BCUT2D eigenvalue weighted by atomic mass is 10.0. The summed E-state index contributed by atoms with van der Waals surface area (Å²) in [5.74, 6) is -0.387. The predicted octanol–water partition coefficient (Wildman–Crippen LogP) is 9.67. The third kappa shape index (κ3) is 8.03. The van der Waals surface area contributed by atoms with Gasteiger partial charge in [-0.25, -0.2) is 0 Å². The van der Waals surface area contributed by atoms with Gasteiger partial charge in [-0.1, -0.05) is 0 Å². The molecule has 0 heterocycles. The lowest BCUT2D eigenvalue weighted by Gasteiger charge is -2.13. The molecule has 12 N–H and O–H groups in total. The number of nitrogen functional groups attached to an aromatic ring is 5. The number of azo groups is 4. The van der Waals surface area contributed by atoms with E-state index in [2.05, 4.69) is 40.9 Å². The van der Waals surface area contributed by atoms with Gasteiger partial charge in [-0.3, -0.25) is 4.55 Å². The Morgan fingerprint density at radius 3 is 1.36 bits per heavy atom. The number of nitrogens with zero attached hydrogens (tertiary/aromatic N) is 8.